The summed E-state index contributed by atoms with van der Waals surface area (Å²) in [4.78, 5) is 25.0. The van der Waals surface area contributed by atoms with E-state index in [2.05, 4.69) is 17.4 Å². The van der Waals surface area contributed by atoms with Gasteiger partial charge in [0.15, 0.2) is 0 Å². The summed E-state index contributed by atoms with van der Waals surface area (Å²) in [6, 6.07) is 25.4. The fraction of sp³-hybridized carbons (Fsp3) is 0.226. The highest BCUT2D eigenvalue weighted by Crippen LogP contribution is 2.30. The average molecular weight is 497 g/mol. The second kappa shape index (κ2) is 12.6. The first-order valence-electron chi connectivity index (χ1n) is 12.5. The summed E-state index contributed by atoms with van der Waals surface area (Å²) in [7, 11) is 0. The molecule has 4 rings (SSSR count). The fourth-order valence-electron chi connectivity index (χ4n) is 4.14. The number of hydrogen-bond donors (Lipinski definition) is 1. The highest BCUT2D eigenvalue weighted by Gasteiger charge is 2.19. The number of esters is 1. The van der Waals surface area contributed by atoms with Gasteiger partial charge in [-0.1, -0.05) is 60.7 Å². The number of aromatic nitrogens is 1. The number of rotatable bonds is 11. The maximum absolute atomic E-state index is 13.0. The van der Waals surface area contributed by atoms with Gasteiger partial charge in [0.2, 0.25) is 5.91 Å². The van der Waals surface area contributed by atoms with Crippen LogP contribution in [0.2, 0.25) is 0 Å². The van der Waals surface area contributed by atoms with Crippen LogP contribution in [0, 0.1) is 0 Å². The van der Waals surface area contributed by atoms with Gasteiger partial charge in [-0.25, -0.2) is 4.79 Å². The lowest BCUT2D eigenvalue weighted by Crippen LogP contribution is -2.32. The molecule has 1 heterocycles. The van der Waals surface area contributed by atoms with Crippen LogP contribution in [-0.4, -0.2) is 29.6 Å². The third-order valence-electron chi connectivity index (χ3n) is 6.12. The molecule has 1 unspecified atom stereocenters. The lowest BCUT2D eigenvalue weighted by molar-refractivity contribution is -0.137. The third-order valence-corrected chi connectivity index (χ3v) is 6.12. The van der Waals surface area contributed by atoms with Crippen molar-refractivity contribution in [2.45, 2.75) is 32.9 Å². The normalized spacial score (nSPS) is 11.9. The molecule has 0 bridgehead atoms. The summed E-state index contributed by atoms with van der Waals surface area (Å²) in [6.45, 7) is 4.95. The second-order valence-electron chi connectivity index (χ2n) is 8.73. The Morgan fingerprint density at radius 3 is 2.38 bits per heavy atom. The molecule has 0 radical (unpaired) electrons. The lowest BCUT2D eigenvalue weighted by atomic mass is 10.1. The molecule has 1 aromatic heterocycles. The van der Waals surface area contributed by atoms with Gasteiger partial charge in [0, 0.05) is 35.3 Å². The van der Waals surface area contributed by atoms with Gasteiger partial charge in [-0.15, -0.1) is 0 Å². The number of nitrogens with one attached hydrogen (secondary N) is 1. The number of hydrogen-bond acceptors (Lipinski definition) is 4. The van der Waals surface area contributed by atoms with Gasteiger partial charge in [-0.2, -0.15) is 0 Å². The zero-order valence-electron chi connectivity index (χ0n) is 21.2. The first kappa shape index (κ1) is 25.8. The molecule has 0 saturated heterocycles. The first-order chi connectivity index (χ1) is 18.0. The highest BCUT2D eigenvalue weighted by molar-refractivity contribution is 5.96. The van der Waals surface area contributed by atoms with Crippen LogP contribution in [0.25, 0.3) is 17.0 Å². The summed E-state index contributed by atoms with van der Waals surface area (Å²) in [5, 5.41) is 3.93. The number of ether oxygens (including phenoxy) is 2. The molecule has 0 fully saturated rings. The Hall–Kier alpha value is -4.32. The zero-order valence-corrected chi connectivity index (χ0v) is 21.2. The van der Waals surface area contributed by atoms with Crippen LogP contribution in [0.1, 0.15) is 36.6 Å². The topological polar surface area (TPSA) is 69.6 Å². The monoisotopic (exact) mass is 496 g/mol. The van der Waals surface area contributed by atoms with Crippen LogP contribution in [0.5, 0.6) is 5.75 Å². The summed E-state index contributed by atoms with van der Waals surface area (Å²) >= 11 is 0. The van der Waals surface area contributed by atoms with E-state index in [1.54, 1.807) is 13.0 Å². The van der Waals surface area contributed by atoms with E-state index in [-0.39, 0.29) is 5.91 Å². The molecule has 3 aromatic carbocycles. The maximum Gasteiger partial charge on any atom is 0.330 e. The second-order valence-corrected chi connectivity index (χ2v) is 8.73. The van der Waals surface area contributed by atoms with Crippen molar-refractivity contribution in [2.75, 3.05) is 13.2 Å². The van der Waals surface area contributed by atoms with Crippen LogP contribution in [-0.2, 0) is 27.4 Å². The molecule has 4 aromatic rings. The van der Waals surface area contributed by atoms with Crippen LogP contribution in [0.15, 0.2) is 91.1 Å². The van der Waals surface area contributed by atoms with Gasteiger partial charge in [-0.05, 0) is 55.7 Å². The SMILES string of the molecule is CCOC(=O)C=Cc1cn(C(C)C(=O)NCCc2ccccc2)c2ccc(OCc3ccccc3)cc12. The summed E-state index contributed by atoms with van der Waals surface area (Å²) in [6.07, 6.45) is 5.78. The number of fused-ring (bicyclic) bond motifs is 1. The van der Waals surface area contributed by atoms with E-state index in [9.17, 15) is 9.59 Å². The predicted octanol–water partition coefficient (Wildman–Crippen LogP) is 5.72. The Bertz CT molecular complexity index is 1360. The zero-order chi connectivity index (χ0) is 26.0. The number of nitrogens with zero attached hydrogens (tertiary/aromatic N) is 1. The molecule has 1 atom stereocenters. The van der Waals surface area contributed by atoms with Gasteiger partial charge < -0.3 is 19.4 Å². The van der Waals surface area contributed by atoms with Crippen molar-refractivity contribution in [3.05, 3.63) is 108 Å². The fourth-order valence-corrected chi connectivity index (χ4v) is 4.14. The molecule has 190 valence electrons. The van der Waals surface area contributed by atoms with Crippen molar-refractivity contribution in [3.63, 3.8) is 0 Å². The molecule has 0 aliphatic carbocycles. The molecular formula is C31H32N2O4. The molecule has 1 N–H and O–H groups in total. The van der Waals surface area contributed by atoms with Gasteiger partial charge >= 0.3 is 5.97 Å². The van der Waals surface area contributed by atoms with E-state index in [4.69, 9.17) is 9.47 Å². The van der Waals surface area contributed by atoms with Crippen molar-refractivity contribution < 1.29 is 19.1 Å². The smallest absolute Gasteiger partial charge is 0.330 e. The van der Waals surface area contributed by atoms with Gasteiger partial charge in [0.1, 0.15) is 18.4 Å². The molecule has 0 aliphatic heterocycles. The minimum Gasteiger partial charge on any atom is -0.489 e. The van der Waals surface area contributed by atoms with Crippen LogP contribution >= 0.6 is 0 Å². The molecule has 37 heavy (non-hydrogen) atoms. The van der Waals surface area contributed by atoms with Crippen LogP contribution < -0.4 is 10.1 Å². The average Bonchev–Trinajstić information content (AvgIpc) is 3.29. The number of amides is 1. The summed E-state index contributed by atoms with van der Waals surface area (Å²) in [5.41, 5.74) is 3.93. The minimum absolute atomic E-state index is 0.0712. The van der Waals surface area contributed by atoms with Crippen molar-refractivity contribution in [2.24, 2.45) is 0 Å². The van der Waals surface area contributed by atoms with E-state index >= 15 is 0 Å². The quantitative estimate of drug-likeness (QED) is 0.213. The van der Waals surface area contributed by atoms with E-state index in [1.807, 2.05) is 84.4 Å². The number of carbonyl (C=O) groups is 2. The molecule has 0 saturated carbocycles. The molecular weight excluding hydrogens is 464 g/mol. The van der Waals surface area contributed by atoms with Crippen LogP contribution in [0.4, 0.5) is 0 Å². The van der Waals surface area contributed by atoms with Crippen molar-refractivity contribution in [3.8, 4) is 5.75 Å². The minimum atomic E-state index is -0.445. The Labute approximate surface area is 217 Å². The van der Waals surface area contributed by atoms with Gasteiger partial charge in [0.25, 0.3) is 0 Å². The Morgan fingerprint density at radius 2 is 1.68 bits per heavy atom. The van der Waals surface area contributed by atoms with Gasteiger partial charge in [0.05, 0.1) is 6.61 Å². The Balaban J connectivity index is 1.55. The molecule has 0 aliphatic rings. The first-order valence-corrected chi connectivity index (χ1v) is 12.5. The van der Waals surface area contributed by atoms with Crippen LogP contribution in [0.3, 0.4) is 0 Å². The molecule has 0 spiro atoms. The van der Waals surface area contributed by atoms with E-state index in [0.29, 0.717) is 25.5 Å². The maximum atomic E-state index is 13.0. The summed E-state index contributed by atoms with van der Waals surface area (Å²) in [5.74, 6) is 0.226. The Morgan fingerprint density at radius 1 is 0.973 bits per heavy atom. The molecule has 1 amide bonds. The Kier molecular flexibility index (Phi) is 8.76. The van der Waals surface area contributed by atoms with Crippen molar-refractivity contribution >= 4 is 28.9 Å². The molecule has 6 nitrogen and oxygen atoms in total. The van der Waals surface area contributed by atoms with E-state index < -0.39 is 12.0 Å². The van der Waals surface area contributed by atoms with E-state index in [1.165, 1.54) is 11.6 Å². The predicted molar refractivity (Wildman–Crippen MR) is 146 cm³/mol. The number of benzene rings is 3. The largest absolute Gasteiger partial charge is 0.489 e. The standard InChI is InChI=1S/C31H32N2O4/c1-3-36-30(34)17-14-26-21-33(23(2)31(35)32-19-18-24-10-6-4-7-11-24)29-16-15-27(20-28(26)29)37-22-25-12-8-5-9-13-25/h4-17,20-21,23H,3,18-19,22H2,1-2H3,(H,32,35). The highest BCUT2D eigenvalue weighted by atomic mass is 16.5. The molecule has 6 heteroatoms. The summed E-state index contributed by atoms with van der Waals surface area (Å²) < 4.78 is 13.0. The number of carbonyl (C=O) groups excluding carboxylic acids is 2. The van der Waals surface area contributed by atoms with Crippen molar-refractivity contribution in [1.82, 2.24) is 9.88 Å². The van der Waals surface area contributed by atoms with E-state index in [0.717, 1.165) is 28.5 Å². The third kappa shape index (κ3) is 6.88. The van der Waals surface area contributed by atoms with Gasteiger partial charge in [-0.3, -0.25) is 4.79 Å². The van der Waals surface area contributed by atoms with Crippen molar-refractivity contribution in [1.29, 1.82) is 0 Å². The lowest BCUT2D eigenvalue weighted by Gasteiger charge is -2.16.